The lowest BCUT2D eigenvalue weighted by Crippen LogP contribution is -1.74. The molecule has 0 aromatic rings. The highest BCUT2D eigenvalue weighted by Crippen LogP contribution is 2.22. The second-order valence-electron chi connectivity index (χ2n) is 0.710. The maximum Gasteiger partial charge on any atom is 0.732 e. The summed E-state index contributed by atoms with van der Waals surface area (Å²) in [6.07, 6.45) is 0. The Balaban J connectivity index is 3.00. The molecule has 0 heterocycles. The van der Waals surface area contributed by atoms with Crippen molar-refractivity contribution in [1.29, 1.82) is 0 Å². The Hall–Kier alpha value is -0.0500. The van der Waals surface area contributed by atoms with E-state index in [0.29, 0.717) is 0 Å². The minimum Gasteiger partial charge on any atom is -0.117 e. The summed E-state index contributed by atoms with van der Waals surface area (Å²) in [5, 5.41) is 0. The minimum atomic E-state index is -2.50. The maximum atomic E-state index is 10.7. The molecular weight excluding hydrogens is 122 g/mol. The van der Waals surface area contributed by atoms with E-state index in [9.17, 15) is 9.09 Å². The molecule has 0 bridgehead atoms. The van der Waals surface area contributed by atoms with E-state index >= 15 is 0 Å². The standard InChI is InChI=1S/C2H5FO3P/c1-2-5-7(4)6-3/h2H2,1H3/q+1. The van der Waals surface area contributed by atoms with Crippen molar-refractivity contribution >= 4 is 8.25 Å². The van der Waals surface area contributed by atoms with Crippen LogP contribution in [0.5, 0.6) is 0 Å². The molecule has 0 N–H and O–H groups in total. The van der Waals surface area contributed by atoms with Crippen LogP contribution in [-0.2, 0) is 13.8 Å². The summed E-state index contributed by atoms with van der Waals surface area (Å²) in [6.45, 7) is 1.78. The number of hydrogen-bond acceptors (Lipinski definition) is 3. The zero-order chi connectivity index (χ0) is 5.70. The van der Waals surface area contributed by atoms with Gasteiger partial charge in [0.25, 0.3) is 0 Å². The van der Waals surface area contributed by atoms with Crippen LogP contribution in [0.4, 0.5) is 4.53 Å². The fourth-order valence-electron chi connectivity index (χ4n) is 0.125. The van der Waals surface area contributed by atoms with Gasteiger partial charge in [-0.3, -0.25) is 0 Å². The predicted octanol–water partition coefficient (Wildman–Crippen LogP) is 1.58. The van der Waals surface area contributed by atoms with Crippen molar-refractivity contribution in [1.82, 2.24) is 0 Å². The molecule has 0 aromatic heterocycles. The Morgan fingerprint density at radius 2 is 2.43 bits per heavy atom. The Labute approximate surface area is 41.3 Å². The zero-order valence-electron chi connectivity index (χ0n) is 3.76. The average molecular weight is 127 g/mol. The van der Waals surface area contributed by atoms with E-state index in [1.165, 1.54) is 0 Å². The molecule has 42 valence electrons. The molecule has 0 fully saturated rings. The van der Waals surface area contributed by atoms with Crippen molar-refractivity contribution in [3.63, 3.8) is 0 Å². The largest absolute Gasteiger partial charge is 0.732 e. The fourth-order valence-corrected chi connectivity index (χ4v) is 0.376. The van der Waals surface area contributed by atoms with Crippen molar-refractivity contribution < 1.29 is 18.3 Å². The van der Waals surface area contributed by atoms with Crippen LogP contribution in [0.2, 0.25) is 0 Å². The van der Waals surface area contributed by atoms with Crippen LogP contribution in [0.25, 0.3) is 0 Å². The first-order valence-electron chi connectivity index (χ1n) is 1.70. The fraction of sp³-hybridized carbons (Fsp3) is 1.00. The second-order valence-corrected chi connectivity index (χ2v) is 1.55. The van der Waals surface area contributed by atoms with Gasteiger partial charge in [0.15, 0.2) is 0 Å². The van der Waals surface area contributed by atoms with Gasteiger partial charge in [-0.15, -0.1) is 4.52 Å². The predicted molar refractivity (Wildman–Crippen MR) is 21.4 cm³/mol. The summed E-state index contributed by atoms with van der Waals surface area (Å²) in [5.41, 5.74) is 0. The van der Waals surface area contributed by atoms with E-state index in [2.05, 4.69) is 9.25 Å². The van der Waals surface area contributed by atoms with Crippen LogP contribution in [0.1, 0.15) is 6.92 Å². The highest BCUT2D eigenvalue weighted by Gasteiger charge is 2.18. The molecule has 0 saturated heterocycles. The SMILES string of the molecule is CCO[P+](=O)OF. The third kappa shape index (κ3) is 3.79. The third-order valence-electron chi connectivity index (χ3n) is 0.291. The van der Waals surface area contributed by atoms with Crippen molar-refractivity contribution in [2.75, 3.05) is 6.61 Å². The van der Waals surface area contributed by atoms with Crippen LogP contribution in [-0.4, -0.2) is 6.61 Å². The molecule has 0 aliphatic rings. The molecule has 0 aliphatic heterocycles. The van der Waals surface area contributed by atoms with E-state index in [4.69, 9.17) is 0 Å². The molecule has 1 atom stereocenters. The molecule has 0 aliphatic carbocycles. The number of hydrogen-bond donors (Lipinski definition) is 0. The molecule has 0 aromatic carbocycles. The normalized spacial score (nSPS) is 11.4. The summed E-state index contributed by atoms with van der Waals surface area (Å²) in [4.78, 5) is 0. The molecule has 0 saturated carbocycles. The van der Waals surface area contributed by atoms with E-state index < -0.39 is 8.25 Å². The van der Waals surface area contributed by atoms with E-state index in [1.807, 2.05) is 0 Å². The molecular formula is C2H5FO3P+. The first-order chi connectivity index (χ1) is 3.31. The first-order valence-corrected chi connectivity index (χ1v) is 2.79. The lowest BCUT2D eigenvalue weighted by atomic mass is 10.9. The highest BCUT2D eigenvalue weighted by atomic mass is 31.1. The Kier molecular flexibility index (Phi) is 4.09. The van der Waals surface area contributed by atoms with Gasteiger partial charge in [0.05, 0.1) is 0 Å². The summed E-state index contributed by atoms with van der Waals surface area (Å²) in [7, 11) is -2.50. The Morgan fingerprint density at radius 3 is 2.57 bits per heavy atom. The van der Waals surface area contributed by atoms with Crippen molar-refractivity contribution in [3.05, 3.63) is 0 Å². The molecule has 1 unspecified atom stereocenters. The van der Waals surface area contributed by atoms with Crippen molar-refractivity contribution in [2.45, 2.75) is 6.92 Å². The van der Waals surface area contributed by atoms with Gasteiger partial charge in [-0.25, -0.2) is 0 Å². The number of rotatable bonds is 3. The van der Waals surface area contributed by atoms with Crippen LogP contribution in [0.15, 0.2) is 0 Å². The molecule has 7 heavy (non-hydrogen) atoms. The molecule has 3 nitrogen and oxygen atoms in total. The van der Waals surface area contributed by atoms with Crippen LogP contribution >= 0.6 is 8.25 Å². The van der Waals surface area contributed by atoms with E-state index in [1.54, 1.807) is 6.92 Å². The van der Waals surface area contributed by atoms with Crippen LogP contribution in [0, 0.1) is 0 Å². The summed E-state index contributed by atoms with van der Waals surface area (Å²) < 4.78 is 27.3. The van der Waals surface area contributed by atoms with Crippen LogP contribution in [0.3, 0.4) is 0 Å². The van der Waals surface area contributed by atoms with Gasteiger partial charge in [0.2, 0.25) is 0 Å². The van der Waals surface area contributed by atoms with Gasteiger partial charge in [0, 0.05) is 9.09 Å². The second kappa shape index (κ2) is 4.12. The van der Waals surface area contributed by atoms with Gasteiger partial charge < -0.3 is 0 Å². The zero-order valence-corrected chi connectivity index (χ0v) is 4.65. The van der Waals surface area contributed by atoms with Crippen molar-refractivity contribution in [2.24, 2.45) is 0 Å². The minimum absolute atomic E-state index is 0.194. The molecule has 0 spiro atoms. The molecule has 0 rings (SSSR count). The molecule has 0 amide bonds. The maximum absolute atomic E-state index is 10.7. The van der Waals surface area contributed by atoms with E-state index in [0.717, 1.165) is 0 Å². The topological polar surface area (TPSA) is 35.5 Å². The smallest absolute Gasteiger partial charge is 0.117 e. The molecule has 0 radical (unpaired) electrons. The Morgan fingerprint density at radius 1 is 1.86 bits per heavy atom. The summed E-state index contributed by atoms with van der Waals surface area (Å²) in [6, 6.07) is 0. The van der Waals surface area contributed by atoms with Gasteiger partial charge in [-0.2, -0.15) is 0 Å². The summed E-state index contributed by atoms with van der Waals surface area (Å²) in [5.74, 6) is 0. The van der Waals surface area contributed by atoms with E-state index in [-0.39, 0.29) is 6.61 Å². The lowest BCUT2D eigenvalue weighted by molar-refractivity contribution is -0.0152. The average Bonchev–Trinajstić information content (AvgIpc) is 1.68. The summed E-state index contributed by atoms with van der Waals surface area (Å²) >= 11 is 0. The van der Waals surface area contributed by atoms with Gasteiger partial charge >= 0.3 is 8.25 Å². The van der Waals surface area contributed by atoms with Gasteiger partial charge in [-0.1, -0.05) is 0 Å². The van der Waals surface area contributed by atoms with Gasteiger partial charge in [0.1, 0.15) is 11.3 Å². The third-order valence-corrected chi connectivity index (χ3v) is 0.873. The van der Waals surface area contributed by atoms with Crippen LogP contribution < -0.4 is 0 Å². The lowest BCUT2D eigenvalue weighted by Gasteiger charge is -1.70. The highest BCUT2D eigenvalue weighted by molar-refractivity contribution is 7.33. The monoisotopic (exact) mass is 127 g/mol. The number of halogens is 1. The van der Waals surface area contributed by atoms with Gasteiger partial charge in [-0.05, 0) is 6.92 Å². The molecule has 5 heteroatoms. The van der Waals surface area contributed by atoms with Crippen molar-refractivity contribution in [3.8, 4) is 0 Å². The quantitative estimate of drug-likeness (QED) is 0.540. The first kappa shape index (κ1) is 6.95. The Bertz CT molecular complexity index is 66.0.